The van der Waals surface area contributed by atoms with Gasteiger partial charge in [-0.1, -0.05) is 67.4 Å². The maximum absolute atomic E-state index is 13.0. The van der Waals surface area contributed by atoms with E-state index in [1.807, 2.05) is 24.3 Å². The van der Waals surface area contributed by atoms with Crippen molar-refractivity contribution in [2.24, 2.45) is 5.92 Å². The summed E-state index contributed by atoms with van der Waals surface area (Å²) in [5.74, 6) is -0.855. The van der Waals surface area contributed by atoms with Gasteiger partial charge in [-0.05, 0) is 41.0 Å². The van der Waals surface area contributed by atoms with Crippen LogP contribution in [0.3, 0.4) is 0 Å². The predicted molar refractivity (Wildman–Crippen MR) is 122 cm³/mol. The molecule has 3 aromatic rings. The van der Waals surface area contributed by atoms with Crippen LogP contribution in [-0.2, 0) is 14.8 Å². The molecule has 158 valence electrons. The third-order valence-corrected chi connectivity index (χ3v) is 6.67. The number of amides is 1. The zero-order chi connectivity index (χ0) is 22.1. The van der Waals surface area contributed by atoms with Gasteiger partial charge in [-0.2, -0.15) is 4.72 Å². The molecule has 0 fully saturated rings. The van der Waals surface area contributed by atoms with E-state index in [1.54, 1.807) is 26.0 Å². The average Bonchev–Trinajstić information content (AvgIpc) is 2.69. The Hall–Kier alpha value is -2.32. The van der Waals surface area contributed by atoms with Crippen LogP contribution in [-0.4, -0.2) is 20.4 Å². The first-order chi connectivity index (χ1) is 14.1. The summed E-state index contributed by atoms with van der Waals surface area (Å²) in [6, 6.07) is 14.1. The molecule has 6 nitrogen and oxygen atoms in total. The molecular weight excluding hydrogens is 445 g/mol. The molecular formula is C21H21Cl2N3O3S. The van der Waals surface area contributed by atoms with E-state index in [0.717, 1.165) is 10.8 Å². The number of anilines is 2. The first kappa shape index (κ1) is 22.4. The topological polar surface area (TPSA) is 101 Å². The summed E-state index contributed by atoms with van der Waals surface area (Å²) in [4.78, 5) is 12.9. The van der Waals surface area contributed by atoms with Crippen molar-refractivity contribution in [1.29, 1.82) is 0 Å². The lowest BCUT2D eigenvalue weighted by Gasteiger charge is -2.22. The van der Waals surface area contributed by atoms with Gasteiger partial charge in [0.1, 0.15) is 6.04 Å². The quantitative estimate of drug-likeness (QED) is 0.460. The molecule has 0 spiro atoms. The Balaban J connectivity index is 1.85. The second-order valence-corrected chi connectivity index (χ2v) is 9.72. The standard InChI is InChI=1S/C21H21Cl2N3O3S/c1-12(2)20(21(27)25-15-10-17(22)19(24)18(23)11-15)26-30(28,29)16-8-7-13-5-3-4-6-14(13)9-16/h3-12,20,26H,24H2,1-2H3,(H,25,27)/t20-/m0/s1. The number of nitrogen functional groups attached to an aromatic ring is 1. The Kier molecular flexibility index (Phi) is 6.57. The first-order valence-corrected chi connectivity index (χ1v) is 11.4. The van der Waals surface area contributed by atoms with Crippen molar-refractivity contribution in [1.82, 2.24) is 4.72 Å². The lowest BCUT2D eigenvalue weighted by Crippen LogP contribution is -2.47. The Labute approximate surface area is 185 Å². The maximum Gasteiger partial charge on any atom is 0.242 e. The SMILES string of the molecule is CC(C)[C@H](NS(=O)(=O)c1ccc2ccccc2c1)C(=O)Nc1cc(Cl)c(N)c(Cl)c1. The van der Waals surface area contributed by atoms with Crippen LogP contribution in [0, 0.1) is 5.92 Å². The number of carbonyl (C=O) groups is 1. The Bertz CT molecular complexity index is 1190. The molecule has 9 heteroatoms. The number of fused-ring (bicyclic) bond motifs is 1. The molecule has 0 heterocycles. The molecule has 0 saturated heterocycles. The van der Waals surface area contributed by atoms with Gasteiger partial charge in [-0.3, -0.25) is 4.79 Å². The van der Waals surface area contributed by atoms with E-state index in [4.69, 9.17) is 28.9 Å². The van der Waals surface area contributed by atoms with Crippen molar-refractivity contribution in [3.8, 4) is 0 Å². The Morgan fingerprint density at radius 3 is 2.17 bits per heavy atom. The average molecular weight is 466 g/mol. The number of carbonyl (C=O) groups excluding carboxylic acids is 1. The smallest absolute Gasteiger partial charge is 0.242 e. The van der Waals surface area contributed by atoms with Crippen LogP contribution in [0.1, 0.15) is 13.8 Å². The number of hydrogen-bond donors (Lipinski definition) is 3. The monoisotopic (exact) mass is 465 g/mol. The van der Waals surface area contributed by atoms with Gasteiger partial charge in [-0.25, -0.2) is 8.42 Å². The second kappa shape index (κ2) is 8.81. The minimum atomic E-state index is -3.94. The highest BCUT2D eigenvalue weighted by Gasteiger charge is 2.29. The van der Waals surface area contributed by atoms with Crippen molar-refractivity contribution in [2.75, 3.05) is 11.1 Å². The van der Waals surface area contributed by atoms with E-state index in [1.165, 1.54) is 18.2 Å². The lowest BCUT2D eigenvalue weighted by molar-refractivity contribution is -0.118. The van der Waals surface area contributed by atoms with E-state index in [2.05, 4.69) is 10.0 Å². The molecule has 4 N–H and O–H groups in total. The van der Waals surface area contributed by atoms with Crippen molar-refractivity contribution in [2.45, 2.75) is 24.8 Å². The maximum atomic E-state index is 13.0. The summed E-state index contributed by atoms with van der Waals surface area (Å²) in [6.45, 7) is 3.49. The van der Waals surface area contributed by atoms with E-state index in [-0.39, 0.29) is 26.5 Å². The molecule has 0 radical (unpaired) electrons. The fraction of sp³-hybridized carbons (Fsp3) is 0.190. The third-order valence-electron chi connectivity index (χ3n) is 4.61. The summed E-state index contributed by atoms with van der Waals surface area (Å²) in [7, 11) is -3.94. The molecule has 1 amide bonds. The van der Waals surface area contributed by atoms with Crippen molar-refractivity contribution >= 4 is 61.3 Å². The summed E-state index contributed by atoms with van der Waals surface area (Å²) in [5, 5.41) is 4.74. The summed E-state index contributed by atoms with van der Waals surface area (Å²) >= 11 is 12.0. The van der Waals surface area contributed by atoms with Crippen molar-refractivity contribution < 1.29 is 13.2 Å². The summed E-state index contributed by atoms with van der Waals surface area (Å²) in [6.07, 6.45) is 0. The van der Waals surface area contributed by atoms with Crippen LogP contribution in [0.2, 0.25) is 10.0 Å². The van der Waals surface area contributed by atoms with Gasteiger partial charge in [0.15, 0.2) is 0 Å². The van der Waals surface area contributed by atoms with Crippen LogP contribution >= 0.6 is 23.2 Å². The van der Waals surface area contributed by atoms with Gasteiger partial charge in [0.2, 0.25) is 15.9 Å². The van der Waals surface area contributed by atoms with Crippen LogP contribution in [0.25, 0.3) is 10.8 Å². The van der Waals surface area contributed by atoms with Gasteiger partial charge >= 0.3 is 0 Å². The lowest BCUT2D eigenvalue weighted by atomic mass is 10.0. The molecule has 0 aliphatic rings. The first-order valence-electron chi connectivity index (χ1n) is 9.15. The highest BCUT2D eigenvalue weighted by Crippen LogP contribution is 2.31. The van der Waals surface area contributed by atoms with Crippen LogP contribution in [0.15, 0.2) is 59.5 Å². The van der Waals surface area contributed by atoms with Gasteiger partial charge in [-0.15, -0.1) is 0 Å². The summed E-state index contributed by atoms with van der Waals surface area (Å²) < 4.78 is 28.4. The molecule has 3 aromatic carbocycles. The van der Waals surface area contributed by atoms with Gasteiger partial charge in [0, 0.05) is 5.69 Å². The minimum Gasteiger partial charge on any atom is -0.396 e. The molecule has 1 atom stereocenters. The molecule has 0 unspecified atom stereocenters. The molecule has 0 bridgehead atoms. The number of sulfonamides is 1. The minimum absolute atomic E-state index is 0.0817. The van der Waals surface area contributed by atoms with E-state index < -0.39 is 22.0 Å². The highest BCUT2D eigenvalue weighted by atomic mass is 35.5. The fourth-order valence-electron chi connectivity index (χ4n) is 2.94. The molecule has 0 saturated carbocycles. The second-order valence-electron chi connectivity index (χ2n) is 7.19. The predicted octanol–water partition coefficient (Wildman–Crippen LogP) is 4.67. The van der Waals surface area contributed by atoms with E-state index in [0.29, 0.717) is 5.69 Å². The number of hydrogen-bond acceptors (Lipinski definition) is 4. The van der Waals surface area contributed by atoms with Gasteiger partial charge in [0.05, 0.1) is 20.6 Å². The van der Waals surface area contributed by atoms with Crippen molar-refractivity contribution in [3.05, 3.63) is 64.6 Å². The zero-order valence-electron chi connectivity index (χ0n) is 16.3. The molecule has 0 aromatic heterocycles. The highest BCUT2D eigenvalue weighted by molar-refractivity contribution is 7.89. The molecule has 30 heavy (non-hydrogen) atoms. The normalized spacial score (nSPS) is 12.8. The van der Waals surface area contributed by atoms with Crippen LogP contribution in [0.5, 0.6) is 0 Å². The Morgan fingerprint density at radius 2 is 1.57 bits per heavy atom. The number of halogens is 2. The van der Waals surface area contributed by atoms with Crippen molar-refractivity contribution in [3.63, 3.8) is 0 Å². The van der Waals surface area contributed by atoms with E-state index >= 15 is 0 Å². The van der Waals surface area contributed by atoms with Gasteiger partial charge < -0.3 is 11.1 Å². The number of benzene rings is 3. The number of rotatable bonds is 6. The van der Waals surface area contributed by atoms with Gasteiger partial charge in [0.25, 0.3) is 0 Å². The zero-order valence-corrected chi connectivity index (χ0v) is 18.6. The third kappa shape index (κ3) is 4.87. The summed E-state index contributed by atoms with van der Waals surface area (Å²) in [5.41, 5.74) is 6.23. The largest absolute Gasteiger partial charge is 0.396 e. The fourth-order valence-corrected chi connectivity index (χ4v) is 4.80. The molecule has 0 aliphatic heterocycles. The Morgan fingerprint density at radius 1 is 0.967 bits per heavy atom. The molecule has 3 rings (SSSR count). The van der Waals surface area contributed by atoms with Crippen LogP contribution in [0.4, 0.5) is 11.4 Å². The van der Waals surface area contributed by atoms with E-state index in [9.17, 15) is 13.2 Å². The molecule has 0 aliphatic carbocycles. The number of nitrogens with two attached hydrogens (primary N) is 1. The van der Waals surface area contributed by atoms with Crippen LogP contribution < -0.4 is 15.8 Å². The number of nitrogens with one attached hydrogen (secondary N) is 2.